The first kappa shape index (κ1) is 15.2. The van der Waals surface area contributed by atoms with Crippen LogP contribution in [-0.2, 0) is 4.79 Å². The molecular formula is C15H28N2O. The molecular weight excluding hydrogens is 224 g/mol. The van der Waals surface area contributed by atoms with Gasteiger partial charge in [-0.1, -0.05) is 25.5 Å². The van der Waals surface area contributed by atoms with Crippen molar-refractivity contribution >= 4 is 5.91 Å². The van der Waals surface area contributed by atoms with Crippen LogP contribution in [0.1, 0.15) is 52.4 Å². The highest BCUT2D eigenvalue weighted by Crippen LogP contribution is 2.19. The third kappa shape index (κ3) is 7.49. The van der Waals surface area contributed by atoms with Gasteiger partial charge in [0, 0.05) is 19.5 Å². The van der Waals surface area contributed by atoms with E-state index in [-0.39, 0.29) is 5.91 Å². The van der Waals surface area contributed by atoms with Gasteiger partial charge < -0.3 is 10.6 Å². The van der Waals surface area contributed by atoms with Crippen molar-refractivity contribution in [3.63, 3.8) is 0 Å². The van der Waals surface area contributed by atoms with Gasteiger partial charge in [-0.05, 0) is 44.6 Å². The Bertz CT molecular complexity index is 272. The van der Waals surface area contributed by atoms with Crippen LogP contribution in [0.3, 0.4) is 0 Å². The van der Waals surface area contributed by atoms with Crippen LogP contribution in [-0.4, -0.2) is 25.5 Å². The summed E-state index contributed by atoms with van der Waals surface area (Å²) in [6.07, 6.45) is 9.36. The predicted molar refractivity (Wildman–Crippen MR) is 76.5 cm³/mol. The highest BCUT2D eigenvalue weighted by molar-refractivity contribution is 5.76. The molecule has 1 aliphatic carbocycles. The average molecular weight is 252 g/mol. The number of amides is 1. The molecule has 1 aliphatic rings. The van der Waals surface area contributed by atoms with Crippen LogP contribution >= 0.6 is 0 Å². The Morgan fingerprint density at radius 2 is 2.17 bits per heavy atom. The Morgan fingerprint density at radius 3 is 2.83 bits per heavy atom. The lowest BCUT2D eigenvalue weighted by Gasteiger charge is -2.13. The summed E-state index contributed by atoms with van der Waals surface area (Å²) < 4.78 is 0. The van der Waals surface area contributed by atoms with Crippen molar-refractivity contribution in [2.24, 2.45) is 5.92 Å². The number of hydrogen-bond acceptors (Lipinski definition) is 2. The zero-order chi connectivity index (χ0) is 13.2. The second kappa shape index (κ2) is 9.15. The quantitative estimate of drug-likeness (QED) is 0.515. The standard InChI is InChI=1S/C15H28N2O/c1-13(2)12-17-15(18)9-11-16-10-8-14-6-4-3-5-7-14/h6,13,16H,3-5,7-12H2,1-2H3,(H,17,18). The zero-order valence-corrected chi connectivity index (χ0v) is 11.9. The lowest BCUT2D eigenvalue weighted by Crippen LogP contribution is -2.30. The van der Waals surface area contributed by atoms with Gasteiger partial charge in [-0.3, -0.25) is 4.79 Å². The molecule has 18 heavy (non-hydrogen) atoms. The van der Waals surface area contributed by atoms with Crippen molar-refractivity contribution in [2.45, 2.75) is 52.4 Å². The summed E-state index contributed by atoms with van der Waals surface area (Å²) in [6, 6.07) is 0. The molecule has 0 saturated heterocycles. The molecule has 0 aromatic carbocycles. The van der Waals surface area contributed by atoms with Crippen LogP contribution in [0.4, 0.5) is 0 Å². The van der Waals surface area contributed by atoms with Gasteiger partial charge in [0.2, 0.25) is 5.91 Å². The first-order chi connectivity index (χ1) is 8.68. The first-order valence-corrected chi connectivity index (χ1v) is 7.34. The van der Waals surface area contributed by atoms with Gasteiger partial charge in [0.1, 0.15) is 0 Å². The van der Waals surface area contributed by atoms with Crippen LogP contribution in [0.2, 0.25) is 0 Å². The van der Waals surface area contributed by atoms with Gasteiger partial charge in [0.05, 0.1) is 0 Å². The van der Waals surface area contributed by atoms with Crippen LogP contribution in [0.5, 0.6) is 0 Å². The maximum atomic E-state index is 11.4. The lowest BCUT2D eigenvalue weighted by molar-refractivity contribution is -0.121. The maximum Gasteiger partial charge on any atom is 0.221 e. The second-order valence-corrected chi connectivity index (χ2v) is 5.56. The molecule has 0 atom stereocenters. The van der Waals surface area contributed by atoms with Crippen molar-refractivity contribution in [1.82, 2.24) is 10.6 Å². The van der Waals surface area contributed by atoms with Crippen LogP contribution in [0.25, 0.3) is 0 Å². The third-order valence-electron chi connectivity index (χ3n) is 3.24. The molecule has 0 spiro atoms. The van der Waals surface area contributed by atoms with E-state index < -0.39 is 0 Å². The van der Waals surface area contributed by atoms with Gasteiger partial charge in [0.15, 0.2) is 0 Å². The number of hydrogen-bond donors (Lipinski definition) is 2. The minimum Gasteiger partial charge on any atom is -0.356 e. The van der Waals surface area contributed by atoms with E-state index in [0.717, 1.165) is 26.1 Å². The molecule has 0 saturated carbocycles. The normalized spacial score (nSPS) is 15.6. The molecule has 0 aromatic rings. The minimum atomic E-state index is 0.160. The number of nitrogens with one attached hydrogen (secondary N) is 2. The van der Waals surface area contributed by atoms with E-state index in [9.17, 15) is 4.79 Å². The van der Waals surface area contributed by atoms with Crippen molar-refractivity contribution in [3.8, 4) is 0 Å². The minimum absolute atomic E-state index is 0.160. The molecule has 0 unspecified atom stereocenters. The van der Waals surface area contributed by atoms with E-state index in [0.29, 0.717) is 12.3 Å². The first-order valence-electron chi connectivity index (χ1n) is 7.34. The molecule has 1 rings (SSSR count). The number of allylic oxidation sites excluding steroid dienone is 1. The van der Waals surface area contributed by atoms with Crippen LogP contribution in [0, 0.1) is 5.92 Å². The second-order valence-electron chi connectivity index (χ2n) is 5.56. The predicted octanol–water partition coefficient (Wildman–Crippen LogP) is 2.63. The van der Waals surface area contributed by atoms with E-state index >= 15 is 0 Å². The Balaban J connectivity index is 1.94. The summed E-state index contributed by atoms with van der Waals surface area (Å²) in [4.78, 5) is 11.4. The van der Waals surface area contributed by atoms with Crippen molar-refractivity contribution in [2.75, 3.05) is 19.6 Å². The van der Waals surface area contributed by atoms with Gasteiger partial charge in [-0.25, -0.2) is 0 Å². The van der Waals surface area contributed by atoms with Gasteiger partial charge in [-0.15, -0.1) is 0 Å². The van der Waals surface area contributed by atoms with Crippen LogP contribution in [0.15, 0.2) is 11.6 Å². The smallest absolute Gasteiger partial charge is 0.221 e. The molecule has 3 nitrogen and oxygen atoms in total. The Morgan fingerprint density at radius 1 is 1.33 bits per heavy atom. The fourth-order valence-electron chi connectivity index (χ4n) is 2.11. The Hall–Kier alpha value is -0.830. The topological polar surface area (TPSA) is 41.1 Å². The molecule has 3 heteroatoms. The van der Waals surface area contributed by atoms with Crippen molar-refractivity contribution in [1.29, 1.82) is 0 Å². The van der Waals surface area contributed by atoms with Gasteiger partial charge >= 0.3 is 0 Å². The molecule has 0 bridgehead atoms. The van der Waals surface area contributed by atoms with Crippen molar-refractivity contribution in [3.05, 3.63) is 11.6 Å². The van der Waals surface area contributed by atoms with E-state index in [1.54, 1.807) is 5.57 Å². The molecule has 104 valence electrons. The summed E-state index contributed by atoms with van der Waals surface area (Å²) in [5.74, 6) is 0.688. The molecule has 0 aliphatic heterocycles. The third-order valence-corrected chi connectivity index (χ3v) is 3.24. The fourth-order valence-corrected chi connectivity index (χ4v) is 2.11. The number of rotatable bonds is 8. The number of carbonyl (C=O) groups excluding carboxylic acids is 1. The molecule has 0 aromatic heterocycles. The SMILES string of the molecule is CC(C)CNC(=O)CCNCCC1=CCCCC1. The van der Waals surface area contributed by atoms with Gasteiger partial charge in [0.25, 0.3) is 0 Å². The maximum absolute atomic E-state index is 11.4. The van der Waals surface area contributed by atoms with Crippen molar-refractivity contribution < 1.29 is 4.79 Å². The molecule has 1 amide bonds. The van der Waals surface area contributed by atoms with E-state index in [2.05, 4.69) is 30.6 Å². The summed E-state index contributed by atoms with van der Waals surface area (Å²) in [5.41, 5.74) is 1.60. The molecule has 2 N–H and O–H groups in total. The zero-order valence-electron chi connectivity index (χ0n) is 11.9. The van der Waals surface area contributed by atoms with E-state index in [1.165, 1.54) is 25.7 Å². The monoisotopic (exact) mass is 252 g/mol. The summed E-state index contributed by atoms with van der Waals surface area (Å²) >= 11 is 0. The highest BCUT2D eigenvalue weighted by atomic mass is 16.1. The molecule has 0 fully saturated rings. The summed E-state index contributed by atoms with van der Waals surface area (Å²) in [6.45, 7) is 6.79. The Labute approximate surface area is 111 Å². The van der Waals surface area contributed by atoms with E-state index in [1.807, 2.05) is 0 Å². The molecule has 0 heterocycles. The van der Waals surface area contributed by atoms with Gasteiger partial charge in [-0.2, -0.15) is 0 Å². The highest BCUT2D eigenvalue weighted by Gasteiger charge is 2.04. The Kier molecular flexibility index (Phi) is 7.74. The summed E-state index contributed by atoms with van der Waals surface area (Å²) in [7, 11) is 0. The van der Waals surface area contributed by atoms with Crippen LogP contribution < -0.4 is 10.6 Å². The number of carbonyl (C=O) groups is 1. The largest absolute Gasteiger partial charge is 0.356 e. The fraction of sp³-hybridized carbons (Fsp3) is 0.800. The lowest BCUT2D eigenvalue weighted by atomic mass is 9.97. The molecule has 0 radical (unpaired) electrons. The van der Waals surface area contributed by atoms with E-state index in [4.69, 9.17) is 0 Å². The summed E-state index contributed by atoms with van der Waals surface area (Å²) in [5, 5.41) is 6.28. The average Bonchev–Trinajstić information content (AvgIpc) is 2.37.